The fraction of sp³-hybridized carbons (Fsp3) is 0.423. The summed E-state index contributed by atoms with van der Waals surface area (Å²) in [5, 5.41) is 9.85. The number of benzene rings is 2. The molecule has 1 aliphatic rings. The zero-order valence-corrected chi connectivity index (χ0v) is 21.5. The summed E-state index contributed by atoms with van der Waals surface area (Å²) in [6, 6.07) is 8.57. The van der Waals surface area contributed by atoms with Crippen molar-refractivity contribution in [1.82, 2.24) is 0 Å². The first kappa shape index (κ1) is 27.1. The smallest absolute Gasteiger partial charge is 0.504 e. The van der Waals surface area contributed by atoms with E-state index in [1.165, 1.54) is 0 Å². The van der Waals surface area contributed by atoms with Crippen molar-refractivity contribution >= 4 is 30.5 Å². The van der Waals surface area contributed by atoms with Gasteiger partial charge in [0, 0.05) is 5.46 Å². The van der Waals surface area contributed by atoms with Gasteiger partial charge in [-0.25, -0.2) is 9.59 Å². The van der Waals surface area contributed by atoms with Crippen LogP contribution in [-0.4, -0.2) is 54.5 Å². The number of carbonyl (C=O) groups excluding carboxylic acids is 2. The normalized spacial score (nSPS) is 16.2. The lowest BCUT2D eigenvalue weighted by Crippen LogP contribution is -2.43. The summed E-state index contributed by atoms with van der Waals surface area (Å²) in [7, 11) is -1.12. The Balaban J connectivity index is 1.91. The van der Waals surface area contributed by atoms with Gasteiger partial charge in [-0.05, 0) is 71.7 Å². The van der Waals surface area contributed by atoms with Gasteiger partial charge in [-0.15, -0.1) is 0 Å². The highest BCUT2D eigenvalue weighted by Gasteiger charge is 2.50. The van der Waals surface area contributed by atoms with Crippen LogP contribution in [0.3, 0.4) is 0 Å². The zero-order chi connectivity index (χ0) is 26.7. The number of hydrogen-bond acceptors (Lipinski definition) is 8. The summed E-state index contributed by atoms with van der Waals surface area (Å²) in [4.78, 5) is 38.1. The minimum Gasteiger partial charge on any atom is -0.504 e. The molecule has 0 saturated carbocycles. The molecule has 0 spiro atoms. The van der Waals surface area contributed by atoms with E-state index in [-0.39, 0.29) is 29.3 Å². The number of ether oxygens (including phenoxy) is 3. The molecule has 1 saturated heterocycles. The van der Waals surface area contributed by atoms with E-state index >= 15 is 0 Å². The van der Waals surface area contributed by atoms with Gasteiger partial charge in [-0.2, -0.15) is 0 Å². The number of carboxylic acid groups (broad SMARTS) is 1. The summed E-state index contributed by atoms with van der Waals surface area (Å²) in [5.41, 5.74) is 3.21. The van der Waals surface area contributed by atoms with Crippen LogP contribution >= 0.6 is 0 Å². The van der Waals surface area contributed by atoms with Crippen LogP contribution in [-0.2, 0) is 23.6 Å². The van der Waals surface area contributed by atoms with Gasteiger partial charge in [0.15, 0.2) is 6.10 Å². The van der Waals surface area contributed by atoms with Crippen LogP contribution in [0.4, 0.5) is 0 Å². The molecule has 9 nitrogen and oxygen atoms in total. The van der Waals surface area contributed by atoms with Crippen molar-refractivity contribution in [1.29, 1.82) is 0 Å². The van der Waals surface area contributed by atoms with E-state index in [1.54, 1.807) is 45.9 Å². The average Bonchev–Trinajstić information content (AvgIpc) is 3.10. The maximum Gasteiger partial charge on any atom is 0.566 e. The lowest BCUT2D eigenvalue weighted by atomic mass is 9.73. The van der Waals surface area contributed by atoms with Crippen LogP contribution in [0.5, 0.6) is 11.5 Å². The highest BCUT2D eigenvalue weighted by molar-refractivity contribution is 6.65. The Morgan fingerprint density at radius 3 is 1.97 bits per heavy atom. The summed E-state index contributed by atoms with van der Waals surface area (Å²) >= 11 is 0. The molecule has 10 heteroatoms. The van der Waals surface area contributed by atoms with Crippen molar-refractivity contribution in [3.05, 3.63) is 52.6 Å². The van der Waals surface area contributed by atoms with Gasteiger partial charge in [-0.3, -0.25) is 4.79 Å². The SMILES string of the molecule is Cc1cc(C)c(B2OC(=O)[C@@H]([C@@H](OC(=O)c3c(OC(C)C)cccc3OC(C)C)C(=O)O)O2)c(C)c1. The van der Waals surface area contributed by atoms with Crippen molar-refractivity contribution < 1.29 is 43.0 Å². The first-order valence-electron chi connectivity index (χ1n) is 11.7. The van der Waals surface area contributed by atoms with E-state index in [9.17, 15) is 19.5 Å². The topological polar surface area (TPSA) is 118 Å². The number of carbonyl (C=O) groups is 3. The highest BCUT2D eigenvalue weighted by Crippen LogP contribution is 2.32. The lowest BCUT2D eigenvalue weighted by molar-refractivity contribution is -0.158. The number of aryl methyl sites for hydroxylation is 3. The standard InChI is InChI=1S/C26H31BO9/c1-13(2)32-18-9-8-10-19(33-14(3)4)20(18)25(30)34-22(24(28)29)23-26(31)36-27(35-23)21-16(6)11-15(5)12-17(21)7/h8-14,22-23H,1-7H3,(H,28,29)/t22-,23-/m1/s1. The average molecular weight is 498 g/mol. The van der Waals surface area contributed by atoms with E-state index in [0.717, 1.165) is 16.7 Å². The second-order valence-electron chi connectivity index (χ2n) is 9.26. The van der Waals surface area contributed by atoms with Crippen molar-refractivity contribution in [3.8, 4) is 11.5 Å². The molecule has 0 aromatic heterocycles. The predicted octanol–water partition coefficient (Wildman–Crippen LogP) is 3.13. The van der Waals surface area contributed by atoms with Crippen LogP contribution in [0.25, 0.3) is 0 Å². The lowest BCUT2D eigenvalue weighted by Gasteiger charge is -2.21. The maximum absolute atomic E-state index is 13.3. The summed E-state index contributed by atoms with van der Waals surface area (Å²) in [6.07, 6.45) is -4.18. The minimum atomic E-state index is -1.96. The van der Waals surface area contributed by atoms with Crippen molar-refractivity contribution in [2.45, 2.75) is 72.9 Å². The maximum atomic E-state index is 13.3. The van der Waals surface area contributed by atoms with Gasteiger partial charge in [0.05, 0.1) is 12.2 Å². The molecule has 2 aromatic carbocycles. The van der Waals surface area contributed by atoms with Crippen molar-refractivity contribution in [2.24, 2.45) is 0 Å². The quantitative estimate of drug-likeness (QED) is 0.411. The Bertz CT molecular complexity index is 1110. The summed E-state index contributed by atoms with van der Waals surface area (Å²) < 4.78 is 27.9. The fourth-order valence-corrected chi connectivity index (χ4v) is 4.11. The van der Waals surface area contributed by atoms with Crippen molar-refractivity contribution in [2.75, 3.05) is 0 Å². The molecule has 0 aliphatic carbocycles. The van der Waals surface area contributed by atoms with E-state index in [4.69, 9.17) is 23.5 Å². The Morgan fingerprint density at radius 1 is 0.972 bits per heavy atom. The van der Waals surface area contributed by atoms with Gasteiger partial charge >= 0.3 is 25.0 Å². The van der Waals surface area contributed by atoms with E-state index in [1.807, 2.05) is 32.9 Å². The number of hydrogen-bond donors (Lipinski definition) is 1. The van der Waals surface area contributed by atoms with E-state index in [0.29, 0.717) is 5.46 Å². The molecular weight excluding hydrogens is 467 g/mol. The summed E-state index contributed by atoms with van der Waals surface area (Å²) in [5.74, 6) is -3.20. The molecule has 0 bridgehead atoms. The molecular formula is C26H31BO9. The fourth-order valence-electron chi connectivity index (χ4n) is 4.11. The molecule has 0 radical (unpaired) electrons. The first-order valence-corrected chi connectivity index (χ1v) is 11.7. The molecule has 0 unspecified atom stereocenters. The molecule has 192 valence electrons. The number of aliphatic carboxylic acids is 1. The third-order valence-corrected chi connectivity index (χ3v) is 5.37. The molecule has 2 aromatic rings. The second kappa shape index (κ2) is 11.0. The van der Waals surface area contributed by atoms with Crippen LogP contribution in [0.1, 0.15) is 54.7 Å². The number of esters is 1. The third-order valence-electron chi connectivity index (χ3n) is 5.37. The molecule has 1 N–H and O–H groups in total. The number of carboxylic acids is 1. The Hall–Kier alpha value is -3.53. The zero-order valence-electron chi connectivity index (χ0n) is 21.5. The van der Waals surface area contributed by atoms with Gasteiger partial charge in [0.25, 0.3) is 0 Å². The molecule has 0 amide bonds. The van der Waals surface area contributed by atoms with Crippen LogP contribution in [0.2, 0.25) is 0 Å². The monoisotopic (exact) mass is 498 g/mol. The molecule has 1 fully saturated rings. The first-order chi connectivity index (χ1) is 16.9. The summed E-state index contributed by atoms with van der Waals surface area (Å²) in [6.45, 7) is 12.7. The van der Waals surface area contributed by atoms with Gasteiger partial charge in [0.2, 0.25) is 6.10 Å². The van der Waals surface area contributed by atoms with Crippen LogP contribution in [0.15, 0.2) is 30.3 Å². The minimum absolute atomic E-state index is 0.0840. The molecule has 3 rings (SSSR count). The molecule has 36 heavy (non-hydrogen) atoms. The van der Waals surface area contributed by atoms with Crippen LogP contribution in [0, 0.1) is 20.8 Å². The Labute approximate surface area is 210 Å². The van der Waals surface area contributed by atoms with Crippen molar-refractivity contribution in [3.63, 3.8) is 0 Å². The third kappa shape index (κ3) is 5.99. The number of rotatable bonds is 9. The highest BCUT2D eigenvalue weighted by atomic mass is 16.7. The van der Waals surface area contributed by atoms with E-state index < -0.39 is 37.2 Å². The molecule has 1 aliphatic heterocycles. The van der Waals surface area contributed by atoms with Crippen LogP contribution < -0.4 is 14.9 Å². The van der Waals surface area contributed by atoms with E-state index in [2.05, 4.69) is 0 Å². The van der Waals surface area contributed by atoms with Gasteiger partial charge in [0.1, 0.15) is 17.1 Å². The largest absolute Gasteiger partial charge is 0.566 e. The Kier molecular flexibility index (Phi) is 8.30. The Morgan fingerprint density at radius 2 is 1.50 bits per heavy atom. The molecule has 2 atom stereocenters. The second-order valence-corrected chi connectivity index (χ2v) is 9.26. The molecule has 1 heterocycles. The van der Waals surface area contributed by atoms with Gasteiger partial charge in [-0.1, -0.05) is 23.8 Å². The van der Waals surface area contributed by atoms with Gasteiger partial charge < -0.3 is 28.6 Å². The predicted molar refractivity (Wildman–Crippen MR) is 132 cm³/mol.